The van der Waals surface area contributed by atoms with Crippen LogP contribution >= 0.6 is 0 Å². The molecule has 4 aliphatic rings. The fourth-order valence-corrected chi connectivity index (χ4v) is 7.49. The standard InChI is InChI=1S/C31H41BFNO5/c1-4-19(14-20-10-12-26(35)25(33)15-20)11-13-27-28-22(18(2)3)16-23-29(24(28)17-32(38)39-27)31(37)34(30(23)36)21-8-6-5-7-9-21/h10,12,14-15,18,21,23-24,27,29,35,38H,4-9,11,13,16-17H2,1-3H3/b19-14+/t23-,24+,27-,29-/m1/s1. The van der Waals surface area contributed by atoms with Gasteiger partial charge in [-0.25, -0.2) is 4.39 Å². The number of amides is 2. The zero-order chi connectivity index (χ0) is 27.8. The number of rotatable bonds is 7. The summed E-state index contributed by atoms with van der Waals surface area (Å²) in [5.74, 6) is -1.82. The number of hydrogen-bond acceptors (Lipinski definition) is 5. The molecule has 4 atom stereocenters. The summed E-state index contributed by atoms with van der Waals surface area (Å²) in [5.41, 5.74) is 4.11. The molecule has 0 bridgehead atoms. The molecule has 2 saturated heterocycles. The van der Waals surface area contributed by atoms with Gasteiger partial charge in [0.2, 0.25) is 11.8 Å². The van der Waals surface area contributed by atoms with Gasteiger partial charge in [0.25, 0.3) is 0 Å². The first kappa shape index (κ1) is 28.1. The van der Waals surface area contributed by atoms with Crippen LogP contribution in [0.3, 0.4) is 0 Å². The average Bonchev–Trinajstić information content (AvgIpc) is 3.17. The lowest BCUT2D eigenvalue weighted by Crippen LogP contribution is -2.47. The normalized spacial score (nSPS) is 28.4. The van der Waals surface area contributed by atoms with Crippen molar-refractivity contribution in [2.24, 2.45) is 23.7 Å². The van der Waals surface area contributed by atoms with E-state index in [9.17, 15) is 24.1 Å². The van der Waals surface area contributed by atoms with E-state index in [1.807, 2.05) is 6.08 Å². The van der Waals surface area contributed by atoms with E-state index in [-0.39, 0.29) is 47.5 Å². The average molecular weight is 537 g/mol. The highest BCUT2D eigenvalue weighted by molar-refractivity contribution is 6.43. The van der Waals surface area contributed by atoms with Gasteiger partial charge in [-0.1, -0.05) is 63.3 Å². The Bertz CT molecular complexity index is 1170. The Kier molecular flexibility index (Phi) is 8.34. The summed E-state index contributed by atoms with van der Waals surface area (Å²) in [4.78, 5) is 29.1. The van der Waals surface area contributed by atoms with Crippen LogP contribution in [-0.2, 0) is 14.2 Å². The quantitative estimate of drug-likeness (QED) is 0.257. The van der Waals surface area contributed by atoms with E-state index in [4.69, 9.17) is 4.65 Å². The summed E-state index contributed by atoms with van der Waals surface area (Å²) in [5, 5.41) is 20.3. The molecule has 39 heavy (non-hydrogen) atoms. The van der Waals surface area contributed by atoms with Crippen LogP contribution in [0.2, 0.25) is 6.32 Å². The molecule has 5 rings (SSSR count). The molecule has 0 spiro atoms. The van der Waals surface area contributed by atoms with E-state index in [0.717, 1.165) is 49.7 Å². The molecule has 0 radical (unpaired) electrons. The number of phenols is 1. The molecule has 1 aromatic rings. The molecule has 3 fully saturated rings. The lowest BCUT2D eigenvalue weighted by molar-refractivity contribution is -0.143. The van der Waals surface area contributed by atoms with Crippen LogP contribution in [0, 0.1) is 29.5 Å². The highest BCUT2D eigenvalue weighted by Gasteiger charge is 2.58. The predicted octanol–water partition coefficient (Wildman–Crippen LogP) is 5.89. The smallest absolute Gasteiger partial charge is 0.455 e. The molecule has 0 unspecified atom stereocenters. The number of aromatic hydroxyl groups is 1. The number of halogens is 1. The molecule has 2 aliphatic heterocycles. The van der Waals surface area contributed by atoms with Crippen molar-refractivity contribution in [1.29, 1.82) is 0 Å². The maximum Gasteiger partial charge on any atom is 0.455 e. The van der Waals surface area contributed by atoms with Crippen molar-refractivity contribution in [3.05, 3.63) is 46.3 Å². The Balaban J connectivity index is 1.41. The van der Waals surface area contributed by atoms with Crippen LogP contribution in [0.15, 0.2) is 34.9 Å². The SMILES string of the molecule is CC/C(=C\c1ccc(O)c(F)c1)CC[C@H]1OB(O)C[C@H]2C1=C(C(C)C)C[C@H]1C(=O)N(C3CCCCC3)C(=O)[C@H]12. The number of imide groups is 1. The number of likely N-dealkylation sites (tertiary alicyclic amines) is 1. The Hall–Kier alpha value is -2.45. The maximum atomic E-state index is 13.9. The van der Waals surface area contributed by atoms with Crippen molar-refractivity contribution >= 4 is 25.0 Å². The fraction of sp³-hybridized carbons (Fsp3) is 0.613. The Labute approximate surface area is 231 Å². The third-order valence-corrected chi connectivity index (χ3v) is 9.44. The number of carbonyl (C=O) groups is 2. The first-order valence-electron chi connectivity index (χ1n) is 14.8. The first-order chi connectivity index (χ1) is 18.7. The van der Waals surface area contributed by atoms with Crippen molar-refractivity contribution in [2.45, 2.75) is 97.0 Å². The molecule has 2 N–H and O–H groups in total. The summed E-state index contributed by atoms with van der Waals surface area (Å²) >= 11 is 0. The lowest BCUT2D eigenvalue weighted by Gasteiger charge is -2.44. The minimum absolute atomic E-state index is 0.0102. The van der Waals surface area contributed by atoms with Gasteiger partial charge in [-0.2, -0.15) is 0 Å². The summed E-state index contributed by atoms with van der Waals surface area (Å²) < 4.78 is 20.0. The number of benzene rings is 1. The van der Waals surface area contributed by atoms with Crippen molar-refractivity contribution in [2.75, 3.05) is 0 Å². The first-order valence-corrected chi connectivity index (χ1v) is 14.8. The molecule has 2 heterocycles. The van der Waals surface area contributed by atoms with E-state index < -0.39 is 18.9 Å². The number of carbonyl (C=O) groups excluding carboxylic acids is 2. The van der Waals surface area contributed by atoms with Crippen LogP contribution in [-0.4, -0.2) is 46.1 Å². The number of nitrogens with zero attached hydrogens (tertiary/aromatic N) is 1. The van der Waals surface area contributed by atoms with Gasteiger partial charge in [-0.15, -0.1) is 0 Å². The third-order valence-electron chi connectivity index (χ3n) is 9.44. The number of hydrogen-bond donors (Lipinski definition) is 2. The highest BCUT2D eigenvalue weighted by Crippen LogP contribution is 2.52. The second kappa shape index (κ2) is 11.6. The second-order valence-electron chi connectivity index (χ2n) is 12.1. The monoisotopic (exact) mass is 537 g/mol. The minimum atomic E-state index is -0.984. The Morgan fingerprint density at radius 1 is 1.18 bits per heavy atom. The van der Waals surface area contributed by atoms with Crippen LogP contribution in [0.5, 0.6) is 5.75 Å². The maximum absolute atomic E-state index is 13.9. The van der Waals surface area contributed by atoms with Gasteiger partial charge in [-0.05, 0) is 80.0 Å². The number of fused-ring (bicyclic) bond motifs is 3. The van der Waals surface area contributed by atoms with E-state index in [1.54, 1.807) is 11.0 Å². The van der Waals surface area contributed by atoms with E-state index >= 15 is 0 Å². The molecule has 8 heteroatoms. The topological polar surface area (TPSA) is 87.1 Å². The third kappa shape index (κ3) is 5.47. The van der Waals surface area contributed by atoms with Gasteiger partial charge >= 0.3 is 7.12 Å². The largest absolute Gasteiger partial charge is 0.505 e. The molecule has 1 aromatic carbocycles. The zero-order valence-corrected chi connectivity index (χ0v) is 23.4. The van der Waals surface area contributed by atoms with Gasteiger partial charge in [0, 0.05) is 6.04 Å². The van der Waals surface area contributed by atoms with Gasteiger partial charge in [0.1, 0.15) is 0 Å². The molecule has 6 nitrogen and oxygen atoms in total. The lowest BCUT2D eigenvalue weighted by atomic mass is 9.57. The van der Waals surface area contributed by atoms with E-state index in [2.05, 4.69) is 20.8 Å². The van der Waals surface area contributed by atoms with Crippen molar-refractivity contribution < 1.29 is 28.8 Å². The summed E-state index contributed by atoms with van der Waals surface area (Å²) in [7, 11) is -0.984. The summed E-state index contributed by atoms with van der Waals surface area (Å²) in [6.07, 6.45) is 9.67. The molecule has 1 saturated carbocycles. The van der Waals surface area contributed by atoms with E-state index in [0.29, 0.717) is 31.1 Å². The van der Waals surface area contributed by atoms with Crippen LogP contribution < -0.4 is 0 Å². The zero-order valence-electron chi connectivity index (χ0n) is 23.4. The molecule has 2 amide bonds. The highest BCUT2D eigenvalue weighted by atomic mass is 19.1. The van der Waals surface area contributed by atoms with Crippen molar-refractivity contribution in [3.63, 3.8) is 0 Å². The second-order valence-corrected chi connectivity index (χ2v) is 12.1. The molecule has 210 valence electrons. The number of allylic oxidation sites excluding steroid dienone is 2. The van der Waals surface area contributed by atoms with Crippen LogP contribution in [0.1, 0.15) is 84.1 Å². The molecule has 2 aliphatic carbocycles. The van der Waals surface area contributed by atoms with Crippen molar-refractivity contribution in [1.82, 2.24) is 4.90 Å². The molecule has 0 aromatic heterocycles. The Morgan fingerprint density at radius 2 is 1.92 bits per heavy atom. The Morgan fingerprint density at radius 3 is 2.59 bits per heavy atom. The van der Waals surface area contributed by atoms with Gasteiger partial charge in [-0.3, -0.25) is 14.5 Å². The minimum Gasteiger partial charge on any atom is -0.505 e. The van der Waals surface area contributed by atoms with Crippen LogP contribution in [0.4, 0.5) is 4.39 Å². The molecular weight excluding hydrogens is 496 g/mol. The summed E-state index contributed by atoms with van der Waals surface area (Å²) in [6.45, 7) is 6.33. The van der Waals surface area contributed by atoms with E-state index in [1.165, 1.54) is 17.7 Å². The summed E-state index contributed by atoms with van der Waals surface area (Å²) in [6, 6.07) is 4.38. The van der Waals surface area contributed by atoms with Crippen LogP contribution in [0.25, 0.3) is 6.08 Å². The fourth-order valence-electron chi connectivity index (χ4n) is 7.49. The van der Waals surface area contributed by atoms with Gasteiger partial charge < -0.3 is 14.8 Å². The van der Waals surface area contributed by atoms with Gasteiger partial charge in [0.15, 0.2) is 11.6 Å². The van der Waals surface area contributed by atoms with Gasteiger partial charge in [0.05, 0.1) is 17.9 Å². The van der Waals surface area contributed by atoms with Crippen molar-refractivity contribution in [3.8, 4) is 5.75 Å². The number of phenolic OH excluding ortho intramolecular Hbond substituents is 1. The molecular formula is C31H41BFNO5. The predicted molar refractivity (Wildman–Crippen MR) is 149 cm³/mol.